The van der Waals surface area contributed by atoms with Gasteiger partial charge in [0, 0.05) is 30.7 Å². The minimum absolute atomic E-state index is 0.0229. The van der Waals surface area contributed by atoms with Crippen LogP contribution in [0.4, 0.5) is 26.3 Å². The molecule has 3 saturated heterocycles. The monoisotopic (exact) mass is 642 g/mol. The molecule has 3 amide bonds. The summed E-state index contributed by atoms with van der Waals surface area (Å²) in [5.41, 5.74) is -6.00. The van der Waals surface area contributed by atoms with Crippen LogP contribution in [0.5, 0.6) is 0 Å². The van der Waals surface area contributed by atoms with E-state index in [4.69, 9.17) is 23.2 Å². The first-order valence-electron chi connectivity index (χ1n) is 12.6. The predicted octanol–water partition coefficient (Wildman–Crippen LogP) is 5.84. The topological polar surface area (TPSA) is 82.6 Å². The Bertz CT molecular complexity index is 1400. The molecule has 3 fully saturated rings. The number of halogens is 8. The number of carbonyl (C=O) groups is 3. The van der Waals surface area contributed by atoms with Gasteiger partial charge in [0.15, 0.2) is 10.4 Å². The molecule has 41 heavy (non-hydrogen) atoms. The number of nitrogens with one attached hydrogen (secondary N) is 1. The van der Waals surface area contributed by atoms with Gasteiger partial charge in [-0.2, -0.15) is 26.3 Å². The highest BCUT2D eigenvalue weighted by atomic mass is 35.5. The summed E-state index contributed by atoms with van der Waals surface area (Å²) in [5.74, 6) is -1.58. The largest absolute Gasteiger partial charge is 0.406 e. The van der Waals surface area contributed by atoms with Crippen molar-refractivity contribution in [1.82, 2.24) is 20.1 Å². The number of benzene rings is 1. The number of hydrogen-bond donors (Lipinski definition) is 1. The minimum atomic E-state index is -5.76. The van der Waals surface area contributed by atoms with E-state index in [1.54, 1.807) is 4.90 Å². The molecule has 7 nitrogen and oxygen atoms in total. The molecule has 0 saturated carbocycles. The first-order chi connectivity index (χ1) is 19.1. The number of amides is 3. The van der Waals surface area contributed by atoms with E-state index < -0.39 is 51.1 Å². The van der Waals surface area contributed by atoms with Crippen molar-refractivity contribution in [2.75, 3.05) is 19.6 Å². The zero-order valence-electron chi connectivity index (χ0n) is 21.3. The molecule has 5 rings (SSSR count). The van der Waals surface area contributed by atoms with Crippen LogP contribution in [-0.4, -0.2) is 76.6 Å². The molecule has 1 N–H and O–H groups in total. The average Bonchev–Trinajstić information content (AvgIpc) is 3.62. The maximum atomic E-state index is 13.8. The number of alkyl halides is 6. The Balaban J connectivity index is 1.63. The number of rotatable bonds is 4. The molecule has 0 aliphatic carbocycles. The number of aromatic nitrogens is 1. The third kappa shape index (κ3) is 4.85. The van der Waals surface area contributed by atoms with E-state index in [9.17, 15) is 40.7 Å². The lowest BCUT2D eigenvalue weighted by atomic mass is 9.80. The molecular weight excluding hydrogens is 621 g/mol. The van der Waals surface area contributed by atoms with Crippen LogP contribution in [0.15, 0.2) is 12.1 Å². The predicted molar refractivity (Wildman–Crippen MR) is 138 cm³/mol. The van der Waals surface area contributed by atoms with Crippen LogP contribution in [0, 0.1) is 0 Å². The van der Waals surface area contributed by atoms with Crippen LogP contribution in [0.1, 0.15) is 58.5 Å². The number of nitrogens with zero attached hydrogens (tertiary/aromatic N) is 3. The SMILES string of the molecule is CC(c1ccc(-c2sc(C(=O)N3CCNC(=O)C3)nc2C(=O)N2C3CCC2CC3)c(Cl)c1Cl)(C(F)(F)F)C(F)(F)F. The summed E-state index contributed by atoms with van der Waals surface area (Å²) in [6, 6.07) is 1.40. The highest BCUT2D eigenvalue weighted by Gasteiger charge is 2.69. The Labute approximate surface area is 243 Å². The summed E-state index contributed by atoms with van der Waals surface area (Å²) in [5, 5.41) is 0.757. The van der Waals surface area contributed by atoms with Crippen molar-refractivity contribution in [3.8, 4) is 10.4 Å². The molecule has 2 bridgehead atoms. The smallest absolute Gasteiger partial charge is 0.353 e. The molecule has 3 aliphatic heterocycles. The van der Waals surface area contributed by atoms with Gasteiger partial charge in [0.25, 0.3) is 11.8 Å². The van der Waals surface area contributed by atoms with E-state index in [0.29, 0.717) is 17.4 Å². The highest BCUT2D eigenvalue weighted by molar-refractivity contribution is 7.17. The Hall–Kier alpha value is -2.58. The van der Waals surface area contributed by atoms with Gasteiger partial charge in [-0.1, -0.05) is 35.3 Å². The summed E-state index contributed by atoms with van der Waals surface area (Å²) in [4.78, 5) is 46.0. The Morgan fingerprint density at radius 2 is 1.56 bits per heavy atom. The fourth-order valence-corrected chi connectivity index (χ4v) is 7.36. The molecule has 0 atom stereocenters. The fraction of sp³-hybridized carbons (Fsp3) is 0.520. The molecule has 0 radical (unpaired) electrons. The standard InChI is InChI=1S/C25H22Cl2F6N4O3S/c1-23(24(28,29)30,25(31,32)33)14-7-6-13(16(26)17(14)27)19-18(21(39)37-11-2-3-12(37)5-4-11)35-20(41-19)22(40)36-9-8-34-15(38)10-36/h6-7,11-12H,2-5,8-10H2,1H3,(H,34,38). The van der Waals surface area contributed by atoms with Crippen LogP contribution in [-0.2, 0) is 10.2 Å². The van der Waals surface area contributed by atoms with Crippen molar-refractivity contribution in [2.45, 2.75) is 62.5 Å². The summed E-state index contributed by atoms with van der Waals surface area (Å²) in [7, 11) is 0. The Morgan fingerprint density at radius 3 is 2.10 bits per heavy atom. The van der Waals surface area contributed by atoms with Gasteiger partial charge < -0.3 is 15.1 Å². The maximum absolute atomic E-state index is 13.8. The summed E-state index contributed by atoms with van der Waals surface area (Å²) in [6.45, 7) is 0.0994. The van der Waals surface area contributed by atoms with Crippen molar-refractivity contribution >= 4 is 52.3 Å². The third-order valence-corrected chi connectivity index (χ3v) is 9.98. The van der Waals surface area contributed by atoms with Gasteiger partial charge in [0.05, 0.1) is 21.5 Å². The summed E-state index contributed by atoms with van der Waals surface area (Å²) < 4.78 is 82.7. The van der Waals surface area contributed by atoms with Crippen molar-refractivity contribution < 1.29 is 40.7 Å². The van der Waals surface area contributed by atoms with Crippen LogP contribution in [0.3, 0.4) is 0 Å². The van der Waals surface area contributed by atoms with Gasteiger partial charge in [-0.3, -0.25) is 14.4 Å². The zero-order valence-corrected chi connectivity index (χ0v) is 23.6. The molecule has 16 heteroatoms. The molecule has 0 spiro atoms. The average molecular weight is 643 g/mol. The van der Waals surface area contributed by atoms with E-state index in [1.165, 1.54) is 4.90 Å². The maximum Gasteiger partial charge on any atom is 0.406 e. The van der Waals surface area contributed by atoms with Crippen molar-refractivity contribution in [3.05, 3.63) is 38.4 Å². The van der Waals surface area contributed by atoms with Gasteiger partial charge in [-0.15, -0.1) is 11.3 Å². The van der Waals surface area contributed by atoms with Crippen molar-refractivity contribution in [1.29, 1.82) is 0 Å². The van der Waals surface area contributed by atoms with E-state index in [0.717, 1.165) is 31.7 Å². The number of hydrogen-bond acceptors (Lipinski definition) is 5. The first kappa shape index (κ1) is 29.9. The number of carbonyl (C=O) groups excluding carboxylic acids is 3. The van der Waals surface area contributed by atoms with E-state index in [-0.39, 0.29) is 59.8 Å². The van der Waals surface area contributed by atoms with Gasteiger partial charge in [0.1, 0.15) is 5.69 Å². The minimum Gasteiger partial charge on any atom is -0.353 e. The second-order valence-electron chi connectivity index (χ2n) is 10.4. The molecule has 1 aromatic carbocycles. The van der Waals surface area contributed by atoms with Gasteiger partial charge in [0.2, 0.25) is 5.91 Å². The van der Waals surface area contributed by atoms with Crippen molar-refractivity contribution in [2.24, 2.45) is 0 Å². The second-order valence-corrected chi connectivity index (χ2v) is 12.1. The lowest BCUT2D eigenvalue weighted by Crippen LogP contribution is -2.51. The number of fused-ring (bicyclic) bond motifs is 2. The van der Waals surface area contributed by atoms with Crippen LogP contribution in [0.25, 0.3) is 10.4 Å². The lowest BCUT2D eigenvalue weighted by Gasteiger charge is -2.35. The quantitative estimate of drug-likeness (QED) is 0.425. The van der Waals surface area contributed by atoms with Crippen LogP contribution >= 0.6 is 34.5 Å². The van der Waals surface area contributed by atoms with E-state index in [1.807, 2.05) is 0 Å². The Morgan fingerprint density at radius 1 is 0.976 bits per heavy atom. The fourth-order valence-electron chi connectivity index (χ4n) is 5.63. The molecule has 3 aliphatic rings. The highest BCUT2D eigenvalue weighted by Crippen LogP contribution is 2.55. The summed E-state index contributed by atoms with van der Waals surface area (Å²) >= 11 is 13.1. The van der Waals surface area contributed by atoms with Gasteiger partial charge >= 0.3 is 12.4 Å². The van der Waals surface area contributed by atoms with Crippen LogP contribution in [0.2, 0.25) is 10.0 Å². The second kappa shape index (κ2) is 10.3. The van der Waals surface area contributed by atoms with E-state index in [2.05, 4.69) is 10.3 Å². The first-order valence-corrected chi connectivity index (χ1v) is 14.1. The van der Waals surface area contributed by atoms with Gasteiger partial charge in [-0.05, 0) is 38.2 Å². The van der Waals surface area contributed by atoms with E-state index >= 15 is 0 Å². The van der Waals surface area contributed by atoms with Gasteiger partial charge in [-0.25, -0.2) is 4.98 Å². The Kier molecular flexibility index (Phi) is 7.51. The van der Waals surface area contributed by atoms with Crippen molar-refractivity contribution in [3.63, 3.8) is 0 Å². The molecule has 1 aromatic heterocycles. The zero-order chi connectivity index (χ0) is 30.1. The molecule has 222 valence electrons. The lowest BCUT2D eigenvalue weighted by molar-refractivity contribution is -0.297. The normalized spacial score (nSPS) is 21.4. The van der Waals surface area contributed by atoms with Crippen LogP contribution < -0.4 is 5.32 Å². The molecule has 2 aromatic rings. The number of piperazine rings is 1. The summed E-state index contributed by atoms with van der Waals surface area (Å²) in [6.07, 6.45) is -8.42. The molecule has 0 unspecified atom stereocenters. The third-order valence-electron chi connectivity index (χ3n) is 8.03. The molecular formula is C25H22Cl2F6N4O3S. The number of thiazole rings is 1. The molecule has 4 heterocycles.